The smallest absolute Gasteiger partial charge is 0.279 e. The van der Waals surface area contributed by atoms with Gasteiger partial charge in [-0.2, -0.15) is 9.78 Å². The van der Waals surface area contributed by atoms with E-state index in [4.69, 9.17) is 0 Å². The van der Waals surface area contributed by atoms with Gasteiger partial charge in [0.25, 0.3) is 11.5 Å². The summed E-state index contributed by atoms with van der Waals surface area (Å²) in [5, 5.41) is 5.23. The summed E-state index contributed by atoms with van der Waals surface area (Å²) in [7, 11) is 1.58. The van der Waals surface area contributed by atoms with Crippen molar-refractivity contribution < 1.29 is 9.18 Å². The molecule has 150 valence electrons. The molecule has 0 N–H and O–H groups in total. The van der Waals surface area contributed by atoms with Gasteiger partial charge < -0.3 is 4.90 Å². The minimum absolute atomic E-state index is 0.0601. The van der Waals surface area contributed by atoms with Gasteiger partial charge in [0.15, 0.2) is 5.69 Å². The van der Waals surface area contributed by atoms with Crippen molar-refractivity contribution in [2.75, 3.05) is 7.05 Å². The predicted octanol–water partition coefficient (Wildman–Crippen LogP) is 4.56. The molecule has 0 radical (unpaired) electrons. The van der Waals surface area contributed by atoms with Crippen LogP contribution in [0.1, 0.15) is 16.1 Å². The van der Waals surface area contributed by atoms with Crippen LogP contribution in [0, 0.1) is 5.82 Å². The Morgan fingerprint density at radius 3 is 2.43 bits per heavy atom. The molecule has 5 nitrogen and oxygen atoms in total. The van der Waals surface area contributed by atoms with Gasteiger partial charge in [-0.1, -0.05) is 52.3 Å². The number of rotatable bonds is 4. The molecule has 0 unspecified atom stereocenters. The number of amides is 1. The standard InChI is InChI=1S/C23H17BrFN3O2/c1-27(14-15-13-16(24)11-12-20(15)25)23(30)21-18-9-5-6-10-19(18)22(29)28(26-21)17-7-3-2-4-8-17/h2-13H,14H2,1H3. The van der Waals surface area contributed by atoms with E-state index >= 15 is 0 Å². The highest BCUT2D eigenvalue weighted by molar-refractivity contribution is 9.10. The summed E-state index contributed by atoms with van der Waals surface area (Å²) in [6, 6.07) is 20.4. The van der Waals surface area contributed by atoms with Crippen molar-refractivity contribution >= 4 is 32.6 Å². The Balaban J connectivity index is 1.81. The molecular formula is C23H17BrFN3O2. The molecule has 3 aromatic carbocycles. The van der Waals surface area contributed by atoms with Crippen LogP contribution in [0.2, 0.25) is 0 Å². The molecule has 0 aliphatic rings. The van der Waals surface area contributed by atoms with Crippen LogP contribution in [-0.2, 0) is 6.54 Å². The van der Waals surface area contributed by atoms with E-state index in [1.54, 1.807) is 67.7 Å². The van der Waals surface area contributed by atoms with Crippen molar-refractivity contribution in [3.05, 3.63) is 105 Å². The maximum absolute atomic E-state index is 14.2. The van der Waals surface area contributed by atoms with Crippen molar-refractivity contribution in [3.63, 3.8) is 0 Å². The maximum atomic E-state index is 14.2. The lowest BCUT2D eigenvalue weighted by Gasteiger charge is -2.19. The number of aromatic nitrogens is 2. The van der Waals surface area contributed by atoms with Crippen LogP contribution in [0.5, 0.6) is 0 Å². The zero-order chi connectivity index (χ0) is 21.3. The first-order chi connectivity index (χ1) is 14.5. The zero-order valence-corrected chi connectivity index (χ0v) is 17.6. The van der Waals surface area contributed by atoms with E-state index in [1.807, 2.05) is 6.07 Å². The first kappa shape index (κ1) is 20.0. The molecular weight excluding hydrogens is 449 g/mol. The van der Waals surface area contributed by atoms with Gasteiger partial charge in [0.2, 0.25) is 0 Å². The molecule has 0 saturated heterocycles. The lowest BCUT2D eigenvalue weighted by molar-refractivity contribution is 0.0778. The number of para-hydroxylation sites is 1. The summed E-state index contributed by atoms with van der Waals surface area (Å²) in [4.78, 5) is 27.6. The van der Waals surface area contributed by atoms with Crippen LogP contribution in [0.15, 0.2) is 82.1 Å². The maximum Gasteiger partial charge on any atom is 0.279 e. The molecule has 0 saturated carbocycles. The lowest BCUT2D eigenvalue weighted by Crippen LogP contribution is -2.31. The summed E-state index contributed by atoms with van der Waals surface area (Å²) in [5.74, 6) is -0.805. The molecule has 0 atom stereocenters. The fourth-order valence-corrected chi connectivity index (χ4v) is 3.67. The summed E-state index contributed by atoms with van der Waals surface area (Å²) in [6.45, 7) is 0.0601. The number of halogens is 2. The highest BCUT2D eigenvalue weighted by Crippen LogP contribution is 2.20. The molecule has 0 spiro atoms. The third kappa shape index (κ3) is 3.76. The van der Waals surface area contributed by atoms with E-state index in [0.717, 1.165) is 4.47 Å². The molecule has 0 fully saturated rings. The summed E-state index contributed by atoms with van der Waals surface area (Å²) >= 11 is 3.32. The van der Waals surface area contributed by atoms with E-state index in [-0.39, 0.29) is 17.8 Å². The second-order valence-corrected chi connectivity index (χ2v) is 7.76. The third-order valence-corrected chi connectivity index (χ3v) is 5.26. The van der Waals surface area contributed by atoms with Crippen LogP contribution in [0.4, 0.5) is 4.39 Å². The number of hydrogen-bond donors (Lipinski definition) is 0. The molecule has 0 bridgehead atoms. The van der Waals surface area contributed by atoms with E-state index in [9.17, 15) is 14.0 Å². The minimum Gasteiger partial charge on any atom is -0.336 e. The lowest BCUT2D eigenvalue weighted by atomic mass is 10.1. The predicted molar refractivity (Wildman–Crippen MR) is 117 cm³/mol. The molecule has 4 rings (SSSR count). The summed E-state index contributed by atoms with van der Waals surface area (Å²) in [6.07, 6.45) is 0. The van der Waals surface area contributed by atoms with Gasteiger partial charge in [-0.3, -0.25) is 9.59 Å². The van der Waals surface area contributed by atoms with Gasteiger partial charge in [-0.05, 0) is 36.4 Å². The van der Waals surface area contributed by atoms with Crippen molar-refractivity contribution in [2.24, 2.45) is 0 Å². The molecule has 1 amide bonds. The number of hydrogen-bond acceptors (Lipinski definition) is 3. The van der Waals surface area contributed by atoms with Gasteiger partial charge >= 0.3 is 0 Å². The summed E-state index contributed by atoms with van der Waals surface area (Å²) in [5.41, 5.74) is 0.755. The Bertz CT molecular complexity index is 1310. The second kappa shape index (κ2) is 8.20. The third-order valence-electron chi connectivity index (χ3n) is 4.77. The average Bonchev–Trinajstić information content (AvgIpc) is 2.77. The van der Waals surface area contributed by atoms with Crippen LogP contribution < -0.4 is 5.56 Å². The summed E-state index contributed by atoms with van der Waals surface area (Å²) < 4.78 is 16.1. The number of fused-ring (bicyclic) bond motifs is 1. The number of carbonyl (C=O) groups excluding carboxylic acids is 1. The molecule has 7 heteroatoms. The van der Waals surface area contributed by atoms with Crippen molar-refractivity contribution in [3.8, 4) is 5.69 Å². The molecule has 0 aliphatic heterocycles. The Morgan fingerprint density at radius 1 is 1.03 bits per heavy atom. The first-order valence-corrected chi connectivity index (χ1v) is 10.0. The number of nitrogens with zero attached hydrogens (tertiary/aromatic N) is 3. The van der Waals surface area contributed by atoms with E-state index in [2.05, 4.69) is 21.0 Å². The van der Waals surface area contributed by atoms with E-state index in [0.29, 0.717) is 22.0 Å². The topological polar surface area (TPSA) is 55.2 Å². The van der Waals surface area contributed by atoms with Gasteiger partial charge in [-0.25, -0.2) is 4.39 Å². The van der Waals surface area contributed by atoms with Gasteiger partial charge in [0.1, 0.15) is 5.82 Å². The van der Waals surface area contributed by atoms with Crippen molar-refractivity contribution in [1.29, 1.82) is 0 Å². The fraction of sp³-hybridized carbons (Fsp3) is 0.0870. The molecule has 1 aromatic heterocycles. The van der Waals surface area contributed by atoms with Crippen LogP contribution in [0.25, 0.3) is 16.5 Å². The molecule has 4 aromatic rings. The zero-order valence-electron chi connectivity index (χ0n) is 16.0. The molecule has 30 heavy (non-hydrogen) atoms. The fourth-order valence-electron chi connectivity index (χ4n) is 3.26. The van der Waals surface area contributed by atoms with Crippen LogP contribution in [-0.4, -0.2) is 27.6 Å². The Labute approximate surface area is 180 Å². The monoisotopic (exact) mass is 465 g/mol. The van der Waals surface area contributed by atoms with E-state index < -0.39 is 11.7 Å². The highest BCUT2D eigenvalue weighted by atomic mass is 79.9. The molecule has 1 heterocycles. The number of carbonyl (C=O) groups is 1. The van der Waals surface area contributed by atoms with Crippen molar-refractivity contribution in [2.45, 2.75) is 6.54 Å². The second-order valence-electron chi connectivity index (χ2n) is 6.84. The van der Waals surface area contributed by atoms with Gasteiger partial charge in [0.05, 0.1) is 11.1 Å². The Morgan fingerprint density at radius 2 is 1.70 bits per heavy atom. The molecule has 0 aliphatic carbocycles. The van der Waals surface area contributed by atoms with Crippen molar-refractivity contribution in [1.82, 2.24) is 14.7 Å². The first-order valence-electron chi connectivity index (χ1n) is 9.22. The van der Waals surface area contributed by atoms with Gasteiger partial charge in [0, 0.05) is 29.0 Å². The van der Waals surface area contributed by atoms with Crippen LogP contribution >= 0.6 is 15.9 Å². The quantitative estimate of drug-likeness (QED) is 0.443. The van der Waals surface area contributed by atoms with Crippen LogP contribution in [0.3, 0.4) is 0 Å². The normalized spacial score (nSPS) is 10.9. The van der Waals surface area contributed by atoms with Gasteiger partial charge in [-0.15, -0.1) is 0 Å². The average molecular weight is 466 g/mol. The Hall–Kier alpha value is -3.32. The highest BCUT2D eigenvalue weighted by Gasteiger charge is 2.21. The minimum atomic E-state index is -0.407. The largest absolute Gasteiger partial charge is 0.336 e. The Kier molecular flexibility index (Phi) is 5.46. The van der Waals surface area contributed by atoms with E-state index in [1.165, 1.54) is 15.6 Å². The number of benzene rings is 3. The SMILES string of the molecule is CN(Cc1cc(Br)ccc1F)C(=O)c1nn(-c2ccccc2)c(=O)c2ccccc12.